The quantitative estimate of drug-likeness (QED) is 0.819. The van der Waals surface area contributed by atoms with Crippen molar-refractivity contribution in [3.8, 4) is 0 Å². The highest BCUT2D eigenvalue weighted by Crippen LogP contribution is 2.45. The molecule has 3 atom stereocenters. The molecular weight excluding hydrogens is 353 g/mol. The summed E-state index contributed by atoms with van der Waals surface area (Å²) in [5.74, 6) is -0.238. The van der Waals surface area contributed by atoms with Crippen LogP contribution in [0.2, 0.25) is 0 Å². The molecule has 0 aromatic heterocycles. The first kappa shape index (κ1) is 17.4. The third-order valence-electron chi connectivity index (χ3n) is 6.37. The van der Waals surface area contributed by atoms with Gasteiger partial charge in [-0.2, -0.15) is 4.99 Å². The fourth-order valence-electron chi connectivity index (χ4n) is 4.84. The molecule has 5 rings (SSSR count). The first-order valence-electron chi connectivity index (χ1n) is 9.91. The summed E-state index contributed by atoms with van der Waals surface area (Å²) < 4.78 is 20.0. The van der Waals surface area contributed by atoms with Crippen molar-refractivity contribution in [3.05, 3.63) is 83.3 Å². The van der Waals surface area contributed by atoms with Crippen LogP contribution in [-0.4, -0.2) is 29.1 Å². The van der Waals surface area contributed by atoms with Crippen molar-refractivity contribution in [2.45, 2.75) is 43.4 Å². The van der Waals surface area contributed by atoms with Crippen LogP contribution >= 0.6 is 0 Å². The van der Waals surface area contributed by atoms with Gasteiger partial charge in [0.1, 0.15) is 5.82 Å². The van der Waals surface area contributed by atoms with Crippen LogP contribution < -0.4 is 5.73 Å². The maximum absolute atomic E-state index is 13.6. The Morgan fingerprint density at radius 3 is 2.71 bits per heavy atom. The molecule has 1 fully saturated rings. The van der Waals surface area contributed by atoms with Crippen molar-refractivity contribution in [2.24, 2.45) is 10.7 Å². The van der Waals surface area contributed by atoms with Gasteiger partial charge in [0.25, 0.3) is 6.02 Å². The fraction of sp³-hybridized carbons (Fsp3) is 0.348. The van der Waals surface area contributed by atoms with E-state index in [1.54, 1.807) is 0 Å². The number of fused-ring (bicyclic) bond motifs is 1. The van der Waals surface area contributed by atoms with Crippen molar-refractivity contribution in [3.63, 3.8) is 0 Å². The lowest BCUT2D eigenvalue weighted by Crippen LogP contribution is -2.48. The minimum Gasteiger partial charge on any atom is -0.450 e. The molecular formula is C23H24FN3O. The number of rotatable bonds is 1. The number of nitrogens with two attached hydrogens (primary N) is 1. The number of amidine groups is 1. The van der Waals surface area contributed by atoms with Gasteiger partial charge in [-0.3, -0.25) is 0 Å². The summed E-state index contributed by atoms with van der Waals surface area (Å²) in [4.78, 5) is 6.92. The second kappa shape index (κ2) is 6.45. The third-order valence-corrected chi connectivity index (χ3v) is 6.37. The molecule has 2 aromatic rings. The minimum absolute atomic E-state index is 0.0788. The molecule has 1 aliphatic carbocycles. The lowest BCUT2D eigenvalue weighted by atomic mass is 9.88. The van der Waals surface area contributed by atoms with Crippen LogP contribution in [0.15, 0.2) is 65.8 Å². The van der Waals surface area contributed by atoms with E-state index in [2.05, 4.69) is 29.7 Å². The Morgan fingerprint density at radius 2 is 1.96 bits per heavy atom. The van der Waals surface area contributed by atoms with Gasteiger partial charge in [-0.05, 0) is 54.5 Å². The molecule has 0 radical (unpaired) electrons. The molecule has 1 spiro atoms. The zero-order valence-corrected chi connectivity index (χ0v) is 15.8. The molecule has 5 heteroatoms. The van der Waals surface area contributed by atoms with Crippen LogP contribution in [0.5, 0.6) is 0 Å². The zero-order chi connectivity index (χ0) is 19.3. The average molecular weight is 377 g/mol. The van der Waals surface area contributed by atoms with Crippen LogP contribution in [0.3, 0.4) is 0 Å². The maximum Gasteiger partial charge on any atom is 0.294 e. The monoisotopic (exact) mass is 377 g/mol. The summed E-state index contributed by atoms with van der Waals surface area (Å²) in [7, 11) is 0. The Labute approximate surface area is 164 Å². The molecule has 28 heavy (non-hydrogen) atoms. The van der Waals surface area contributed by atoms with E-state index in [1.807, 2.05) is 18.2 Å². The normalized spacial score (nSPS) is 29.0. The molecule has 2 aromatic carbocycles. The summed E-state index contributed by atoms with van der Waals surface area (Å²) in [6.45, 7) is 4.94. The van der Waals surface area contributed by atoms with E-state index in [0.717, 1.165) is 43.5 Å². The van der Waals surface area contributed by atoms with Gasteiger partial charge in [-0.25, -0.2) is 4.39 Å². The molecule has 144 valence electrons. The third kappa shape index (κ3) is 2.57. The summed E-state index contributed by atoms with van der Waals surface area (Å²) in [6, 6.07) is 15.5. The standard InChI is InChI=1S/C23H24FN3O/c1-15-23(13-4-7-20(23)25)28-22(26-15)27-14-12-16-5-2-3-6-19(16)21(27)17-8-10-18(24)11-9-17/h2-3,5-6,8-11,20-21H,1,4,7,12-14,25H2/t20-,21-,23-/m0/s1. The topological polar surface area (TPSA) is 50.8 Å². The van der Waals surface area contributed by atoms with E-state index in [4.69, 9.17) is 15.5 Å². The number of nitrogens with zero attached hydrogens (tertiary/aromatic N) is 2. The van der Waals surface area contributed by atoms with E-state index < -0.39 is 5.60 Å². The number of ether oxygens (including phenoxy) is 1. The van der Waals surface area contributed by atoms with Crippen molar-refractivity contribution < 1.29 is 9.13 Å². The van der Waals surface area contributed by atoms with Crippen molar-refractivity contribution in [2.75, 3.05) is 6.54 Å². The number of halogens is 1. The fourth-order valence-corrected chi connectivity index (χ4v) is 4.84. The Hall–Kier alpha value is -2.66. The van der Waals surface area contributed by atoms with Crippen molar-refractivity contribution in [1.29, 1.82) is 0 Å². The second-order valence-electron chi connectivity index (χ2n) is 7.93. The van der Waals surface area contributed by atoms with E-state index >= 15 is 0 Å². The van der Waals surface area contributed by atoms with Crippen molar-refractivity contribution in [1.82, 2.24) is 4.90 Å². The van der Waals surface area contributed by atoms with E-state index in [0.29, 0.717) is 6.02 Å². The summed E-state index contributed by atoms with van der Waals surface area (Å²) in [6.07, 6.45) is 3.70. The first-order chi connectivity index (χ1) is 13.6. The largest absolute Gasteiger partial charge is 0.450 e. The average Bonchev–Trinajstić information content (AvgIpc) is 3.25. The SMILES string of the molecule is C=C1N=C(N2CCc3ccccc3[C@@H]2c2ccc(F)cc2)O[C@@]12CCC[C@@H]2N. The van der Waals surface area contributed by atoms with E-state index in [1.165, 1.54) is 23.3 Å². The highest BCUT2D eigenvalue weighted by Gasteiger charge is 2.51. The Balaban J connectivity index is 1.56. The molecule has 2 aliphatic heterocycles. The van der Waals surface area contributed by atoms with Crippen LogP contribution in [-0.2, 0) is 11.2 Å². The Kier molecular flexibility index (Phi) is 4.02. The second-order valence-corrected chi connectivity index (χ2v) is 7.93. The van der Waals surface area contributed by atoms with Gasteiger partial charge < -0.3 is 15.4 Å². The Morgan fingerprint density at radius 1 is 1.18 bits per heavy atom. The van der Waals surface area contributed by atoms with Gasteiger partial charge in [0.15, 0.2) is 5.60 Å². The van der Waals surface area contributed by atoms with Gasteiger partial charge >= 0.3 is 0 Å². The number of aliphatic imine (C=N–C) groups is 1. The highest BCUT2D eigenvalue weighted by molar-refractivity contribution is 5.80. The van der Waals surface area contributed by atoms with Gasteiger partial charge in [0, 0.05) is 6.54 Å². The number of hydrogen-bond acceptors (Lipinski definition) is 4. The van der Waals surface area contributed by atoms with Gasteiger partial charge in [-0.1, -0.05) is 43.0 Å². The van der Waals surface area contributed by atoms with Crippen LogP contribution in [0, 0.1) is 5.82 Å². The molecule has 0 saturated heterocycles. The molecule has 0 amide bonds. The Bertz CT molecular complexity index is 955. The smallest absolute Gasteiger partial charge is 0.294 e. The number of benzene rings is 2. The lowest BCUT2D eigenvalue weighted by Gasteiger charge is -2.39. The lowest BCUT2D eigenvalue weighted by molar-refractivity contribution is 0.0739. The van der Waals surface area contributed by atoms with E-state index in [9.17, 15) is 4.39 Å². The molecule has 2 N–H and O–H groups in total. The summed E-state index contributed by atoms with van der Waals surface area (Å²) in [5, 5.41) is 0. The van der Waals surface area contributed by atoms with Crippen molar-refractivity contribution >= 4 is 6.02 Å². The van der Waals surface area contributed by atoms with Gasteiger partial charge in [-0.15, -0.1) is 0 Å². The first-order valence-corrected chi connectivity index (χ1v) is 9.91. The highest BCUT2D eigenvalue weighted by atomic mass is 19.1. The van der Waals surface area contributed by atoms with Crippen LogP contribution in [0.25, 0.3) is 0 Å². The molecule has 2 heterocycles. The summed E-state index contributed by atoms with van der Waals surface area (Å²) in [5.41, 5.74) is 10.1. The molecule has 0 bridgehead atoms. The number of hydrogen-bond donors (Lipinski definition) is 1. The minimum atomic E-state index is -0.570. The van der Waals surface area contributed by atoms with E-state index in [-0.39, 0.29) is 17.9 Å². The summed E-state index contributed by atoms with van der Waals surface area (Å²) >= 11 is 0. The van der Waals surface area contributed by atoms with Gasteiger partial charge in [0.2, 0.25) is 0 Å². The molecule has 1 saturated carbocycles. The zero-order valence-electron chi connectivity index (χ0n) is 15.8. The van der Waals surface area contributed by atoms with Crippen LogP contribution in [0.4, 0.5) is 4.39 Å². The molecule has 3 aliphatic rings. The molecule has 0 unspecified atom stereocenters. The van der Waals surface area contributed by atoms with Gasteiger partial charge in [0.05, 0.1) is 17.8 Å². The molecule has 4 nitrogen and oxygen atoms in total. The predicted octanol–water partition coefficient (Wildman–Crippen LogP) is 3.92. The van der Waals surface area contributed by atoms with Crippen LogP contribution in [0.1, 0.15) is 42.0 Å². The maximum atomic E-state index is 13.6. The predicted molar refractivity (Wildman–Crippen MR) is 107 cm³/mol.